The Hall–Kier alpha value is -2.63. The van der Waals surface area contributed by atoms with Crippen LogP contribution in [0.15, 0.2) is 36.8 Å². The van der Waals surface area contributed by atoms with Crippen molar-refractivity contribution >= 4 is 11.8 Å². The summed E-state index contributed by atoms with van der Waals surface area (Å²) >= 11 is 0. The molecule has 0 amide bonds. The fourth-order valence-electron chi connectivity index (χ4n) is 3.16. The smallest absolute Gasteiger partial charge is 0.337 e. The molecule has 0 N–H and O–H groups in total. The minimum absolute atomic E-state index is 0.327. The monoisotopic (exact) mass is 327 g/mol. The normalized spacial score (nSPS) is 16.9. The fourth-order valence-corrected chi connectivity index (χ4v) is 3.16. The van der Waals surface area contributed by atoms with Crippen molar-refractivity contribution < 1.29 is 14.3 Å². The molecule has 1 fully saturated rings. The van der Waals surface area contributed by atoms with Gasteiger partial charge in [0.15, 0.2) is 0 Å². The average Bonchev–Trinajstić information content (AvgIpc) is 3.10. The Labute approximate surface area is 141 Å². The first-order valence-electron chi connectivity index (χ1n) is 7.97. The van der Waals surface area contributed by atoms with Crippen molar-refractivity contribution in [3.63, 3.8) is 0 Å². The SMILES string of the molecule is COC(=O)c1ccc(OC)c(CC2CCN(c3cnccn3)C2)c1. The quantitative estimate of drug-likeness (QED) is 0.786. The molecule has 1 unspecified atom stereocenters. The van der Waals surface area contributed by atoms with Crippen LogP contribution in [0.2, 0.25) is 0 Å². The molecule has 0 saturated carbocycles. The second-order valence-electron chi connectivity index (χ2n) is 5.89. The standard InChI is InChI=1S/C18H21N3O3/c1-23-16-4-3-14(18(22)24-2)10-15(16)9-13-5-8-21(12-13)17-11-19-6-7-20-17/h3-4,6-7,10-11,13H,5,8-9,12H2,1-2H3. The van der Waals surface area contributed by atoms with E-state index in [0.29, 0.717) is 11.5 Å². The van der Waals surface area contributed by atoms with Gasteiger partial charge in [0.25, 0.3) is 0 Å². The molecule has 6 heteroatoms. The Morgan fingerprint density at radius 2 is 2.21 bits per heavy atom. The first-order valence-corrected chi connectivity index (χ1v) is 7.97. The summed E-state index contributed by atoms with van der Waals surface area (Å²) < 4.78 is 10.3. The zero-order chi connectivity index (χ0) is 16.9. The molecule has 3 rings (SSSR count). The maximum Gasteiger partial charge on any atom is 0.337 e. The molecular weight excluding hydrogens is 306 g/mol. The van der Waals surface area contributed by atoms with E-state index in [1.54, 1.807) is 31.8 Å². The van der Waals surface area contributed by atoms with Gasteiger partial charge in [-0.2, -0.15) is 0 Å². The highest BCUT2D eigenvalue weighted by molar-refractivity contribution is 5.89. The number of ether oxygens (including phenoxy) is 2. The van der Waals surface area contributed by atoms with E-state index in [1.165, 1.54) is 7.11 Å². The molecule has 0 aliphatic carbocycles. The van der Waals surface area contributed by atoms with E-state index in [4.69, 9.17) is 9.47 Å². The van der Waals surface area contributed by atoms with Crippen LogP contribution in [0.3, 0.4) is 0 Å². The number of anilines is 1. The molecule has 1 atom stereocenters. The average molecular weight is 327 g/mol. The zero-order valence-corrected chi connectivity index (χ0v) is 13.9. The van der Waals surface area contributed by atoms with E-state index in [9.17, 15) is 4.79 Å². The zero-order valence-electron chi connectivity index (χ0n) is 13.9. The van der Waals surface area contributed by atoms with Crippen LogP contribution < -0.4 is 9.64 Å². The van der Waals surface area contributed by atoms with E-state index < -0.39 is 0 Å². The van der Waals surface area contributed by atoms with Crippen LogP contribution in [0.1, 0.15) is 22.3 Å². The number of methoxy groups -OCH3 is 2. The summed E-state index contributed by atoms with van der Waals surface area (Å²) in [5.41, 5.74) is 1.59. The van der Waals surface area contributed by atoms with Crippen molar-refractivity contribution in [2.45, 2.75) is 12.8 Å². The highest BCUT2D eigenvalue weighted by atomic mass is 16.5. The summed E-state index contributed by atoms with van der Waals surface area (Å²) in [6, 6.07) is 5.43. The number of hydrogen-bond donors (Lipinski definition) is 0. The lowest BCUT2D eigenvalue weighted by atomic mass is 9.96. The molecule has 6 nitrogen and oxygen atoms in total. The Bertz CT molecular complexity index is 706. The van der Waals surface area contributed by atoms with Gasteiger partial charge in [-0.25, -0.2) is 9.78 Å². The number of carbonyl (C=O) groups excluding carboxylic acids is 1. The Morgan fingerprint density at radius 3 is 2.92 bits per heavy atom. The summed E-state index contributed by atoms with van der Waals surface area (Å²) in [5, 5.41) is 0. The molecule has 1 aromatic carbocycles. The van der Waals surface area contributed by atoms with Gasteiger partial charge in [-0.15, -0.1) is 0 Å². The van der Waals surface area contributed by atoms with Crippen LogP contribution in [-0.2, 0) is 11.2 Å². The number of aromatic nitrogens is 2. The van der Waals surface area contributed by atoms with Gasteiger partial charge in [0.1, 0.15) is 11.6 Å². The van der Waals surface area contributed by atoms with Gasteiger partial charge in [0, 0.05) is 25.5 Å². The molecule has 0 bridgehead atoms. The molecule has 1 aromatic heterocycles. The van der Waals surface area contributed by atoms with Crippen LogP contribution >= 0.6 is 0 Å². The molecule has 2 aromatic rings. The third-order valence-electron chi connectivity index (χ3n) is 4.37. The molecule has 2 heterocycles. The summed E-state index contributed by atoms with van der Waals surface area (Å²) in [4.78, 5) is 22.5. The molecular formula is C18H21N3O3. The molecule has 1 aliphatic rings. The van der Waals surface area contributed by atoms with Crippen molar-refractivity contribution in [3.8, 4) is 5.75 Å². The number of carbonyl (C=O) groups is 1. The van der Waals surface area contributed by atoms with E-state index in [1.807, 2.05) is 12.1 Å². The largest absolute Gasteiger partial charge is 0.496 e. The van der Waals surface area contributed by atoms with Crippen molar-refractivity contribution in [1.29, 1.82) is 0 Å². The molecule has 1 saturated heterocycles. The van der Waals surface area contributed by atoms with Crippen LogP contribution in [0.25, 0.3) is 0 Å². The Balaban J connectivity index is 1.73. The number of rotatable bonds is 5. The second kappa shape index (κ2) is 7.29. The summed E-state index contributed by atoms with van der Waals surface area (Å²) in [6.45, 7) is 1.88. The molecule has 24 heavy (non-hydrogen) atoms. The lowest BCUT2D eigenvalue weighted by Crippen LogP contribution is -2.21. The molecule has 0 spiro atoms. The highest BCUT2D eigenvalue weighted by Gasteiger charge is 2.25. The van der Waals surface area contributed by atoms with Crippen LogP contribution in [0.4, 0.5) is 5.82 Å². The lowest BCUT2D eigenvalue weighted by molar-refractivity contribution is 0.0600. The Kier molecular flexibility index (Phi) is 4.93. The van der Waals surface area contributed by atoms with Crippen molar-refractivity contribution in [2.75, 3.05) is 32.2 Å². The number of benzene rings is 1. The fraction of sp³-hybridized carbons (Fsp3) is 0.389. The number of hydrogen-bond acceptors (Lipinski definition) is 6. The first kappa shape index (κ1) is 16.2. The van der Waals surface area contributed by atoms with E-state index >= 15 is 0 Å². The molecule has 1 aliphatic heterocycles. The predicted octanol–water partition coefficient (Wildman–Crippen LogP) is 2.34. The van der Waals surface area contributed by atoms with Crippen LogP contribution in [0, 0.1) is 5.92 Å². The van der Waals surface area contributed by atoms with Crippen molar-refractivity contribution in [1.82, 2.24) is 9.97 Å². The third kappa shape index (κ3) is 3.48. The van der Waals surface area contributed by atoms with Gasteiger partial charge in [-0.1, -0.05) is 0 Å². The van der Waals surface area contributed by atoms with Gasteiger partial charge >= 0.3 is 5.97 Å². The van der Waals surface area contributed by atoms with Gasteiger partial charge < -0.3 is 14.4 Å². The highest BCUT2D eigenvalue weighted by Crippen LogP contribution is 2.29. The maximum atomic E-state index is 11.8. The van der Waals surface area contributed by atoms with E-state index in [2.05, 4.69) is 14.9 Å². The Morgan fingerprint density at radius 1 is 1.33 bits per heavy atom. The summed E-state index contributed by atoms with van der Waals surface area (Å²) in [7, 11) is 3.04. The third-order valence-corrected chi connectivity index (χ3v) is 4.37. The van der Waals surface area contributed by atoms with Crippen molar-refractivity contribution in [2.24, 2.45) is 5.92 Å². The van der Waals surface area contributed by atoms with Gasteiger partial charge in [0.2, 0.25) is 0 Å². The molecule has 0 radical (unpaired) electrons. The van der Waals surface area contributed by atoms with Crippen LogP contribution in [0.5, 0.6) is 5.75 Å². The van der Waals surface area contributed by atoms with Gasteiger partial charge in [-0.05, 0) is 42.5 Å². The predicted molar refractivity (Wildman–Crippen MR) is 90.4 cm³/mol. The summed E-state index contributed by atoms with van der Waals surface area (Å²) in [6.07, 6.45) is 7.11. The first-order chi connectivity index (χ1) is 11.7. The van der Waals surface area contributed by atoms with Crippen molar-refractivity contribution in [3.05, 3.63) is 47.9 Å². The molecule has 126 valence electrons. The van der Waals surface area contributed by atoms with Crippen LogP contribution in [-0.4, -0.2) is 43.2 Å². The lowest BCUT2D eigenvalue weighted by Gasteiger charge is -2.17. The maximum absolute atomic E-state index is 11.8. The topological polar surface area (TPSA) is 64.6 Å². The van der Waals surface area contributed by atoms with E-state index in [-0.39, 0.29) is 5.97 Å². The number of nitrogens with zero attached hydrogens (tertiary/aromatic N) is 3. The minimum atomic E-state index is -0.327. The second-order valence-corrected chi connectivity index (χ2v) is 5.89. The summed E-state index contributed by atoms with van der Waals surface area (Å²) in [5.74, 6) is 1.87. The van der Waals surface area contributed by atoms with E-state index in [0.717, 1.165) is 43.1 Å². The van der Waals surface area contributed by atoms with Gasteiger partial charge in [-0.3, -0.25) is 4.98 Å². The number of esters is 1. The van der Waals surface area contributed by atoms with Gasteiger partial charge in [0.05, 0.1) is 26.0 Å². The minimum Gasteiger partial charge on any atom is -0.496 e.